The standard InChI is InChI=1S/C13H11FN2OS/c14-10-4-2-9(3-5-10)12-15-11(8-18-12)13(17)16-6-1-7-16/h2-5,8H,1,6-7H2. The minimum Gasteiger partial charge on any atom is -0.337 e. The Hall–Kier alpha value is -1.75. The van der Waals surface area contributed by atoms with E-state index in [2.05, 4.69) is 4.98 Å². The second-order valence-electron chi connectivity index (χ2n) is 4.19. The first-order valence-electron chi connectivity index (χ1n) is 5.75. The van der Waals surface area contributed by atoms with E-state index in [1.54, 1.807) is 22.4 Å². The second-order valence-corrected chi connectivity index (χ2v) is 5.05. The van der Waals surface area contributed by atoms with Crippen LogP contribution in [0.4, 0.5) is 4.39 Å². The molecular weight excluding hydrogens is 251 g/mol. The van der Waals surface area contributed by atoms with Gasteiger partial charge in [-0.05, 0) is 30.7 Å². The lowest BCUT2D eigenvalue weighted by atomic mass is 10.2. The normalized spacial score (nSPS) is 14.4. The van der Waals surface area contributed by atoms with E-state index in [9.17, 15) is 9.18 Å². The van der Waals surface area contributed by atoms with Crippen molar-refractivity contribution in [2.75, 3.05) is 13.1 Å². The number of halogens is 1. The zero-order valence-corrected chi connectivity index (χ0v) is 10.4. The van der Waals surface area contributed by atoms with Gasteiger partial charge in [0.25, 0.3) is 5.91 Å². The van der Waals surface area contributed by atoms with E-state index in [0.29, 0.717) is 5.69 Å². The van der Waals surface area contributed by atoms with Crippen molar-refractivity contribution >= 4 is 17.2 Å². The Bertz CT molecular complexity index is 575. The van der Waals surface area contributed by atoms with Crippen LogP contribution in [0.5, 0.6) is 0 Å². The molecule has 1 amide bonds. The predicted molar refractivity (Wildman–Crippen MR) is 68.0 cm³/mol. The van der Waals surface area contributed by atoms with Gasteiger partial charge in [0, 0.05) is 24.0 Å². The molecular formula is C13H11FN2OS. The topological polar surface area (TPSA) is 33.2 Å². The number of hydrogen-bond donors (Lipinski definition) is 0. The van der Waals surface area contributed by atoms with Crippen molar-refractivity contribution in [2.45, 2.75) is 6.42 Å². The van der Waals surface area contributed by atoms with Gasteiger partial charge in [0.2, 0.25) is 0 Å². The fraction of sp³-hybridized carbons (Fsp3) is 0.231. The van der Waals surface area contributed by atoms with Gasteiger partial charge in [-0.2, -0.15) is 0 Å². The van der Waals surface area contributed by atoms with Gasteiger partial charge < -0.3 is 4.90 Å². The number of rotatable bonds is 2. The van der Waals surface area contributed by atoms with E-state index in [1.165, 1.54) is 23.5 Å². The van der Waals surface area contributed by atoms with Gasteiger partial charge in [-0.1, -0.05) is 0 Å². The molecule has 1 aromatic heterocycles. The maximum Gasteiger partial charge on any atom is 0.273 e. The average Bonchev–Trinajstić information content (AvgIpc) is 2.77. The van der Waals surface area contributed by atoms with E-state index < -0.39 is 0 Å². The third kappa shape index (κ3) is 2.01. The molecule has 0 radical (unpaired) electrons. The van der Waals surface area contributed by atoms with Crippen LogP contribution in [-0.2, 0) is 0 Å². The van der Waals surface area contributed by atoms with Crippen LogP contribution in [0.3, 0.4) is 0 Å². The zero-order chi connectivity index (χ0) is 12.5. The molecule has 5 heteroatoms. The first-order valence-corrected chi connectivity index (χ1v) is 6.63. The maximum atomic E-state index is 12.8. The number of benzene rings is 1. The summed E-state index contributed by atoms with van der Waals surface area (Å²) >= 11 is 1.41. The molecule has 1 saturated heterocycles. The van der Waals surface area contributed by atoms with Gasteiger partial charge in [-0.15, -0.1) is 11.3 Å². The summed E-state index contributed by atoms with van der Waals surface area (Å²) in [5.74, 6) is -0.280. The number of carbonyl (C=O) groups is 1. The minimum absolute atomic E-state index is 0.00846. The third-order valence-corrected chi connectivity index (χ3v) is 3.85. The van der Waals surface area contributed by atoms with Crippen molar-refractivity contribution in [3.63, 3.8) is 0 Å². The number of carbonyl (C=O) groups excluding carboxylic acids is 1. The summed E-state index contributed by atoms with van der Waals surface area (Å²) in [6.45, 7) is 1.64. The molecule has 1 aliphatic rings. The largest absolute Gasteiger partial charge is 0.337 e. The fourth-order valence-corrected chi connectivity index (χ4v) is 2.58. The number of amides is 1. The second kappa shape index (κ2) is 4.49. The van der Waals surface area contributed by atoms with Crippen LogP contribution in [0.1, 0.15) is 16.9 Å². The third-order valence-electron chi connectivity index (χ3n) is 2.96. The maximum absolute atomic E-state index is 12.8. The van der Waals surface area contributed by atoms with Crippen LogP contribution in [0.2, 0.25) is 0 Å². The monoisotopic (exact) mass is 262 g/mol. The molecule has 3 nitrogen and oxygen atoms in total. The zero-order valence-electron chi connectivity index (χ0n) is 9.60. The molecule has 0 N–H and O–H groups in total. The minimum atomic E-state index is -0.271. The molecule has 3 rings (SSSR count). The average molecular weight is 262 g/mol. The van der Waals surface area contributed by atoms with E-state index in [1.807, 2.05) is 0 Å². The number of nitrogens with zero attached hydrogens (tertiary/aromatic N) is 2. The summed E-state index contributed by atoms with van der Waals surface area (Å²) in [7, 11) is 0. The Balaban J connectivity index is 1.84. The van der Waals surface area contributed by atoms with Gasteiger partial charge in [-0.3, -0.25) is 4.79 Å². The van der Waals surface area contributed by atoms with Crippen molar-refractivity contribution in [3.05, 3.63) is 41.2 Å². The quantitative estimate of drug-likeness (QED) is 0.833. The molecule has 2 aromatic rings. The van der Waals surface area contributed by atoms with Crippen molar-refractivity contribution in [1.29, 1.82) is 0 Å². The lowest BCUT2D eigenvalue weighted by Crippen LogP contribution is -2.42. The smallest absolute Gasteiger partial charge is 0.273 e. The Labute approximate surface area is 108 Å². The van der Waals surface area contributed by atoms with Gasteiger partial charge in [0.15, 0.2) is 0 Å². The van der Waals surface area contributed by atoms with Gasteiger partial charge in [0.1, 0.15) is 16.5 Å². The van der Waals surface area contributed by atoms with Crippen LogP contribution in [0.25, 0.3) is 10.6 Å². The predicted octanol–water partition coefficient (Wildman–Crippen LogP) is 2.80. The Morgan fingerprint density at radius 1 is 1.28 bits per heavy atom. The number of thiazole rings is 1. The van der Waals surface area contributed by atoms with Crippen LogP contribution in [0.15, 0.2) is 29.6 Å². The molecule has 0 bridgehead atoms. The first kappa shape index (κ1) is 11.3. The van der Waals surface area contributed by atoms with Crippen LogP contribution in [-0.4, -0.2) is 28.9 Å². The van der Waals surface area contributed by atoms with Crippen LogP contribution in [0, 0.1) is 5.82 Å². The Kier molecular flexibility index (Phi) is 2.83. The molecule has 0 atom stereocenters. The van der Waals surface area contributed by atoms with E-state index in [-0.39, 0.29) is 11.7 Å². The molecule has 1 fully saturated rings. The first-order chi connectivity index (χ1) is 8.74. The highest BCUT2D eigenvalue weighted by Crippen LogP contribution is 2.25. The summed E-state index contributed by atoms with van der Waals surface area (Å²) in [6, 6.07) is 6.14. The Morgan fingerprint density at radius 2 is 2.00 bits per heavy atom. The molecule has 0 saturated carbocycles. The number of aromatic nitrogens is 1. The molecule has 18 heavy (non-hydrogen) atoms. The highest BCUT2D eigenvalue weighted by atomic mass is 32.1. The summed E-state index contributed by atoms with van der Waals surface area (Å²) in [4.78, 5) is 18.0. The SMILES string of the molecule is O=C(c1csc(-c2ccc(F)cc2)n1)N1CCC1. The summed E-state index contributed by atoms with van der Waals surface area (Å²) in [6.07, 6.45) is 1.07. The summed E-state index contributed by atoms with van der Waals surface area (Å²) in [5.41, 5.74) is 1.32. The van der Waals surface area contributed by atoms with Crippen molar-refractivity contribution < 1.29 is 9.18 Å². The van der Waals surface area contributed by atoms with E-state index in [4.69, 9.17) is 0 Å². The van der Waals surface area contributed by atoms with E-state index in [0.717, 1.165) is 30.1 Å². The lowest BCUT2D eigenvalue weighted by molar-refractivity contribution is 0.0646. The van der Waals surface area contributed by atoms with Crippen molar-refractivity contribution in [2.24, 2.45) is 0 Å². The van der Waals surface area contributed by atoms with Crippen molar-refractivity contribution in [3.8, 4) is 10.6 Å². The van der Waals surface area contributed by atoms with E-state index >= 15 is 0 Å². The lowest BCUT2D eigenvalue weighted by Gasteiger charge is -2.30. The number of likely N-dealkylation sites (tertiary alicyclic amines) is 1. The van der Waals surface area contributed by atoms with Crippen molar-refractivity contribution in [1.82, 2.24) is 9.88 Å². The molecule has 0 unspecified atom stereocenters. The van der Waals surface area contributed by atoms with Crippen LogP contribution >= 0.6 is 11.3 Å². The molecule has 0 aliphatic carbocycles. The van der Waals surface area contributed by atoms with Crippen LogP contribution < -0.4 is 0 Å². The molecule has 92 valence electrons. The summed E-state index contributed by atoms with van der Waals surface area (Å²) < 4.78 is 12.8. The molecule has 1 aromatic carbocycles. The highest BCUT2D eigenvalue weighted by Gasteiger charge is 2.23. The molecule has 0 spiro atoms. The molecule has 2 heterocycles. The molecule has 1 aliphatic heterocycles. The van der Waals surface area contributed by atoms with Gasteiger partial charge >= 0.3 is 0 Å². The number of hydrogen-bond acceptors (Lipinski definition) is 3. The van der Waals surface area contributed by atoms with Gasteiger partial charge in [0.05, 0.1) is 0 Å². The Morgan fingerprint density at radius 3 is 2.61 bits per heavy atom. The van der Waals surface area contributed by atoms with Gasteiger partial charge in [-0.25, -0.2) is 9.37 Å². The summed E-state index contributed by atoms with van der Waals surface area (Å²) in [5, 5.41) is 2.51. The highest BCUT2D eigenvalue weighted by molar-refractivity contribution is 7.13. The fourth-order valence-electron chi connectivity index (χ4n) is 1.78.